The van der Waals surface area contributed by atoms with Crippen LogP contribution in [-0.2, 0) is 0 Å². The fourth-order valence-electron chi connectivity index (χ4n) is 1.71. The Morgan fingerprint density at radius 3 is 1.91 bits per heavy atom. The first-order valence-electron chi connectivity index (χ1n) is 6.25. The second-order valence-corrected chi connectivity index (χ2v) is 4.24. The minimum Gasteiger partial charge on any atom is -0.478 e. The lowest BCUT2D eigenvalue weighted by Gasteiger charge is -2.01. The highest BCUT2D eigenvalue weighted by Gasteiger charge is 2.15. The molecule has 2 aromatic carbocycles. The fraction of sp³-hybridized carbons (Fsp3) is 0. The molecule has 0 radical (unpaired) electrons. The van der Waals surface area contributed by atoms with Crippen LogP contribution in [0.1, 0.15) is 31.8 Å². The van der Waals surface area contributed by atoms with Crippen LogP contribution in [-0.4, -0.2) is 22.2 Å². The van der Waals surface area contributed by atoms with Gasteiger partial charge in [-0.2, -0.15) is 0 Å². The molecule has 0 aliphatic heterocycles. The van der Waals surface area contributed by atoms with Crippen molar-refractivity contribution >= 4 is 11.9 Å². The topological polar surface area (TPSA) is 74.6 Å². The van der Waals surface area contributed by atoms with Crippen LogP contribution < -0.4 is 0 Å². The van der Waals surface area contributed by atoms with Crippen molar-refractivity contribution in [3.8, 4) is 23.7 Å². The Hall–Kier alpha value is -3.50. The first-order valence-corrected chi connectivity index (χ1v) is 6.25. The van der Waals surface area contributed by atoms with Gasteiger partial charge in [0.2, 0.25) is 0 Å². The molecule has 0 amide bonds. The molecule has 4 heteroatoms. The standard InChI is InChI=1S/C18H10O4/c19-17(20)15-11-10-14(12-16(15)18(21)22)9-5-4-8-13-6-2-1-3-7-13/h1-3,6-7,10-12H,(H,19,20)(H,21,22). The van der Waals surface area contributed by atoms with Gasteiger partial charge >= 0.3 is 11.9 Å². The molecule has 0 aliphatic rings. The maximum atomic E-state index is 11.1. The third-order valence-corrected chi connectivity index (χ3v) is 2.73. The number of hydrogen-bond donors (Lipinski definition) is 2. The van der Waals surface area contributed by atoms with Gasteiger partial charge in [0.1, 0.15) is 0 Å². The minimum atomic E-state index is -1.31. The lowest BCUT2D eigenvalue weighted by molar-refractivity contribution is 0.0651. The van der Waals surface area contributed by atoms with E-state index < -0.39 is 11.9 Å². The molecule has 0 saturated heterocycles. The summed E-state index contributed by atoms with van der Waals surface area (Å²) in [5.41, 5.74) is 0.651. The van der Waals surface area contributed by atoms with Crippen LogP contribution in [0.15, 0.2) is 48.5 Å². The van der Waals surface area contributed by atoms with Crippen LogP contribution in [0.25, 0.3) is 0 Å². The highest BCUT2D eigenvalue weighted by molar-refractivity contribution is 6.01. The van der Waals surface area contributed by atoms with Gasteiger partial charge in [-0.3, -0.25) is 0 Å². The predicted octanol–water partition coefficient (Wildman–Crippen LogP) is 2.49. The molecule has 4 nitrogen and oxygen atoms in total. The minimum absolute atomic E-state index is 0.270. The summed E-state index contributed by atoms with van der Waals surface area (Å²) >= 11 is 0. The van der Waals surface area contributed by atoms with Crippen molar-refractivity contribution in [2.75, 3.05) is 0 Å². The van der Waals surface area contributed by atoms with Crippen molar-refractivity contribution in [2.45, 2.75) is 0 Å². The first kappa shape index (κ1) is 14.9. The Labute approximate surface area is 127 Å². The summed E-state index contributed by atoms with van der Waals surface area (Å²) in [6.07, 6.45) is 0. The summed E-state index contributed by atoms with van der Waals surface area (Å²) in [6, 6.07) is 13.2. The molecule has 0 bridgehead atoms. The van der Waals surface area contributed by atoms with Crippen LogP contribution in [0.5, 0.6) is 0 Å². The quantitative estimate of drug-likeness (QED) is 0.833. The van der Waals surface area contributed by atoms with Gasteiger partial charge in [-0.05, 0) is 42.2 Å². The first-order chi connectivity index (χ1) is 10.6. The molecule has 0 unspecified atom stereocenters. The second kappa shape index (κ2) is 6.78. The highest BCUT2D eigenvalue weighted by atomic mass is 16.4. The average Bonchev–Trinajstić information content (AvgIpc) is 2.52. The van der Waals surface area contributed by atoms with E-state index in [4.69, 9.17) is 10.2 Å². The normalized spacial score (nSPS) is 8.91. The Morgan fingerprint density at radius 2 is 1.32 bits per heavy atom. The van der Waals surface area contributed by atoms with Gasteiger partial charge in [-0.1, -0.05) is 30.0 Å². The van der Waals surface area contributed by atoms with E-state index >= 15 is 0 Å². The number of aromatic carboxylic acids is 2. The SMILES string of the molecule is O=C(O)c1ccc(C#CC#Cc2ccccc2)cc1C(=O)O. The van der Waals surface area contributed by atoms with E-state index in [0.717, 1.165) is 5.56 Å². The summed E-state index contributed by atoms with van der Waals surface area (Å²) in [5, 5.41) is 17.9. The van der Waals surface area contributed by atoms with Crippen molar-refractivity contribution in [1.29, 1.82) is 0 Å². The van der Waals surface area contributed by atoms with Gasteiger partial charge in [0.25, 0.3) is 0 Å². The van der Waals surface area contributed by atoms with Crippen molar-refractivity contribution < 1.29 is 19.8 Å². The van der Waals surface area contributed by atoms with E-state index in [1.54, 1.807) is 0 Å². The van der Waals surface area contributed by atoms with E-state index in [0.29, 0.717) is 5.56 Å². The van der Waals surface area contributed by atoms with Gasteiger partial charge in [-0.15, -0.1) is 0 Å². The summed E-state index contributed by atoms with van der Waals surface area (Å²) in [6.45, 7) is 0. The van der Waals surface area contributed by atoms with Crippen molar-refractivity contribution in [1.82, 2.24) is 0 Å². The number of carbonyl (C=O) groups is 2. The van der Waals surface area contributed by atoms with E-state index in [2.05, 4.69) is 23.7 Å². The van der Waals surface area contributed by atoms with Gasteiger partial charge < -0.3 is 10.2 Å². The largest absolute Gasteiger partial charge is 0.478 e. The maximum Gasteiger partial charge on any atom is 0.336 e. The van der Waals surface area contributed by atoms with Gasteiger partial charge in [0.15, 0.2) is 0 Å². The number of carboxylic acids is 2. The Kier molecular flexibility index (Phi) is 4.59. The lowest BCUT2D eigenvalue weighted by Crippen LogP contribution is -2.08. The second-order valence-electron chi connectivity index (χ2n) is 4.24. The highest BCUT2D eigenvalue weighted by Crippen LogP contribution is 2.12. The van der Waals surface area contributed by atoms with Crippen LogP contribution in [0, 0.1) is 23.7 Å². The summed E-state index contributed by atoms with van der Waals surface area (Å²) in [4.78, 5) is 22.0. The zero-order valence-corrected chi connectivity index (χ0v) is 11.3. The third kappa shape index (κ3) is 3.75. The molecular formula is C18H10O4. The van der Waals surface area contributed by atoms with Crippen LogP contribution >= 0.6 is 0 Å². The number of hydrogen-bond acceptors (Lipinski definition) is 2. The van der Waals surface area contributed by atoms with E-state index in [1.165, 1.54) is 18.2 Å². The van der Waals surface area contributed by atoms with Gasteiger partial charge in [-0.25, -0.2) is 9.59 Å². The number of rotatable bonds is 2. The Bertz CT molecular complexity index is 843. The van der Waals surface area contributed by atoms with Gasteiger partial charge in [0.05, 0.1) is 11.1 Å². The zero-order chi connectivity index (χ0) is 15.9. The third-order valence-electron chi connectivity index (χ3n) is 2.73. The molecule has 0 fully saturated rings. The maximum absolute atomic E-state index is 11.1. The molecule has 0 aliphatic carbocycles. The molecular weight excluding hydrogens is 280 g/mol. The van der Waals surface area contributed by atoms with Crippen LogP contribution in [0.3, 0.4) is 0 Å². The smallest absolute Gasteiger partial charge is 0.336 e. The lowest BCUT2D eigenvalue weighted by atomic mass is 10.0. The monoisotopic (exact) mass is 290 g/mol. The molecule has 22 heavy (non-hydrogen) atoms. The summed E-state index contributed by atoms with van der Waals surface area (Å²) in [5.74, 6) is 8.22. The van der Waals surface area contributed by atoms with Crippen molar-refractivity contribution in [3.63, 3.8) is 0 Å². The molecule has 2 N–H and O–H groups in total. The molecule has 0 atom stereocenters. The zero-order valence-electron chi connectivity index (χ0n) is 11.3. The molecule has 0 heterocycles. The molecule has 2 rings (SSSR count). The van der Waals surface area contributed by atoms with E-state index in [-0.39, 0.29) is 11.1 Å². The summed E-state index contributed by atoms with van der Waals surface area (Å²) in [7, 11) is 0. The van der Waals surface area contributed by atoms with Crippen molar-refractivity contribution in [3.05, 3.63) is 70.8 Å². The van der Waals surface area contributed by atoms with Crippen LogP contribution in [0.4, 0.5) is 0 Å². The predicted molar refractivity (Wildman–Crippen MR) is 80.6 cm³/mol. The summed E-state index contributed by atoms with van der Waals surface area (Å²) < 4.78 is 0. The number of carboxylic acid groups (broad SMARTS) is 2. The van der Waals surface area contributed by atoms with Crippen molar-refractivity contribution in [2.24, 2.45) is 0 Å². The Morgan fingerprint density at radius 1 is 0.727 bits per heavy atom. The average molecular weight is 290 g/mol. The molecule has 2 aromatic rings. The fourth-order valence-corrected chi connectivity index (χ4v) is 1.71. The molecule has 0 saturated carbocycles. The van der Waals surface area contributed by atoms with E-state index in [9.17, 15) is 9.59 Å². The van der Waals surface area contributed by atoms with E-state index in [1.807, 2.05) is 30.3 Å². The number of benzene rings is 2. The molecule has 106 valence electrons. The van der Waals surface area contributed by atoms with Gasteiger partial charge in [0, 0.05) is 11.1 Å². The van der Waals surface area contributed by atoms with Crippen LogP contribution in [0.2, 0.25) is 0 Å². The Balaban J connectivity index is 2.27. The molecule has 0 spiro atoms. The molecule has 0 aromatic heterocycles.